The molecular weight excluding hydrogens is 210 g/mol. The summed E-state index contributed by atoms with van der Waals surface area (Å²) in [6.45, 7) is 5.63. The zero-order chi connectivity index (χ0) is 12.5. The molecule has 0 radical (unpaired) electrons. The lowest BCUT2D eigenvalue weighted by Gasteiger charge is -2.47. The number of rotatable bonds is 5. The molecule has 1 saturated carbocycles. The molecule has 1 unspecified atom stereocenters. The van der Waals surface area contributed by atoms with Crippen molar-refractivity contribution in [3.8, 4) is 0 Å². The Morgan fingerprint density at radius 2 is 1.82 bits per heavy atom. The fourth-order valence-corrected chi connectivity index (χ4v) is 3.65. The molecule has 1 heterocycles. The maximum absolute atomic E-state index is 6.14. The Morgan fingerprint density at radius 1 is 1.24 bits per heavy atom. The highest BCUT2D eigenvalue weighted by atomic mass is 15.2. The van der Waals surface area contributed by atoms with E-state index in [4.69, 9.17) is 5.73 Å². The van der Waals surface area contributed by atoms with Gasteiger partial charge in [0.2, 0.25) is 0 Å². The first-order chi connectivity index (χ1) is 8.14. The van der Waals surface area contributed by atoms with Crippen LogP contribution in [0.25, 0.3) is 0 Å². The first-order valence-corrected chi connectivity index (χ1v) is 7.25. The predicted molar refractivity (Wildman–Crippen MR) is 73.1 cm³/mol. The van der Waals surface area contributed by atoms with Crippen LogP contribution in [0.4, 0.5) is 0 Å². The highest BCUT2D eigenvalue weighted by molar-refractivity contribution is 5.03. The van der Waals surface area contributed by atoms with E-state index >= 15 is 0 Å². The molecule has 0 aromatic carbocycles. The average Bonchev–Trinajstić information content (AvgIpc) is 3.17. The van der Waals surface area contributed by atoms with Crippen molar-refractivity contribution in [2.45, 2.75) is 50.6 Å². The van der Waals surface area contributed by atoms with Crippen molar-refractivity contribution < 1.29 is 0 Å². The Bertz CT molecular complexity index is 238. The molecule has 0 bridgehead atoms. The van der Waals surface area contributed by atoms with Crippen molar-refractivity contribution in [2.75, 3.05) is 33.7 Å². The van der Waals surface area contributed by atoms with Crippen molar-refractivity contribution in [1.82, 2.24) is 9.80 Å². The minimum atomic E-state index is 0.292. The zero-order valence-electron chi connectivity index (χ0n) is 11.8. The van der Waals surface area contributed by atoms with E-state index in [9.17, 15) is 0 Å². The molecule has 3 nitrogen and oxygen atoms in total. The molecule has 0 spiro atoms. The minimum absolute atomic E-state index is 0.292. The fourth-order valence-electron chi connectivity index (χ4n) is 3.65. The van der Waals surface area contributed by atoms with E-state index in [1.807, 2.05) is 0 Å². The standard InChI is InChI=1S/C14H29N3/c1-4-14(11-15,12-5-6-12)17(3)13-7-9-16(2)10-8-13/h12-13H,4-11,15H2,1-3H3. The van der Waals surface area contributed by atoms with Gasteiger partial charge in [0.05, 0.1) is 0 Å². The third kappa shape index (κ3) is 2.51. The number of hydrogen-bond acceptors (Lipinski definition) is 3. The van der Waals surface area contributed by atoms with Gasteiger partial charge < -0.3 is 10.6 Å². The predicted octanol–water partition coefficient (Wildman–Crippen LogP) is 1.53. The van der Waals surface area contributed by atoms with Gasteiger partial charge in [-0.05, 0) is 65.2 Å². The van der Waals surface area contributed by atoms with E-state index in [1.54, 1.807) is 0 Å². The molecule has 2 N–H and O–H groups in total. The van der Waals surface area contributed by atoms with E-state index in [1.165, 1.54) is 45.2 Å². The maximum atomic E-state index is 6.14. The quantitative estimate of drug-likeness (QED) is 0.790. The molecule has 2 aliphatic rings. The summed E-state index contributed by atoms with van der Waals surface area (Å²) < 4.78 is 0. The number of nitrogens with two attached hydrogens (primary N) is 1. The van der Waals surface area contributed by atoms with E-state index in [2.05, 4.69) is 30.8 Å². The number of piperidine rings is 1. The Labute approximate surface area is 106 Å². The molecular formula is C14H29N3. The van der Waals surface area contributed by atoms with Gasteiger partial charge in [-0.2, -0.15) is 0 Å². The van der Waals surface area contributed by atoms with Crippen molar-refractivity contribution in [3.05, 3.63) is 0 Å². The summed E-state index contributed by atoms with van der Waals surface area (Å²) >= 11 is 0. The smallest absolute Gasteiger partial charge is 0.0357 e. The maximum Gasteiger partial charge on any atom is 0.0357 e. The zero-order valence-corrected chi connectivity index (χ0v) is 11.8. The van der Waals surface area contributed by atoms with Crippen LogP contribution >= 0.6 is 0 Å². The molecule has 1 atom stereocenters. The van der Waals surface area contributed by atoms with Gasteiger partial charge in [0.1, 0.15) is 0 Å². The van der Waals surface area contributed by atoms with Gasteiger partial charge in [-0.3, -0.25) is 4.90 Å². The summed E-state index contributed by atoms with van der Waals surface area (Å²) in [6.07, 6.45) is 6.60. The van der Waals surface area contributed by atoms with Gasteiger partial charge >= 0.3 is 0 Å². The molecule has 0 aromatic rings. The summed E-state index contributed by atoms with van der Waals surface area (Å²) in [7, 11) is 4.55. The lowest BCUT2D eigenvalue weighted by Crippen LogP contribution is -2.59. The van der Waals surface area contributed by atoms with E-state index < -0.39 is 0 Å². The van der Waals surface area contributed by atoms with Gasteiger partial charge in [0, 0.05) is 18.1 Å². The van der Waals surface area contributed by atoms with Crippen molar-refractivity contribution in [3.63, 3.8) is 0 Å². The summed E-state index contributed by atoms with van der Waals surface area (Å²) in [5, 5.41) is 0. The van der Waals surface area contributed by atoms with Crippen LogP contribution in [-0.2, 0) is 0 Å². The molecule has 100 valence electrons. The highest BCUT2D eigenvalue weighted by Gasteiger charge is 2.47. The van der Waals surface area contributed by atoms with Crippen LogP contribution in [-0.4, -0.2) is 55.1 Å². The second kappa shape index (κ2) is 5.25. The molecule has 3 heteroatoms. The monoisotopic (exact) mass is 239 g/mol. The van der Waals surface area contributed by atoms with Gasteiger partial charge in [-0.25, -0.2) is 0 Å². The molecule has 2 fully saturated rings. The third-order valence-corrected chi connectivity index (χ3v) is 5.24. The SMILES string of the molecule is CCC(CN)(C1CC1)N(C)C1CCN(C)CC1. The third-order valence-electron chi connectivity index (χ3n) is 5.24. The Hall–Kier alpha value is -0.120. The lowest BCUT2D eigenvalue weighted by molar-refractivity contribution is 0.0255. The number of likely N-dealkylation sites (N-methyl/N-ethyl adjacent to an activating group) is 1. The fraction of sp³-hybridized carbons (Fsp3) is 1.00. The van der Waals surface area contributed by atoms with Gasteiger partial charge in [-0.1, -0.05) is 6.92 Å². The van der Waals surface area contributed by atoms with Gasteiger partial charge in [0.25, 0.3) is 0 Å². The second-order valence-electron chi connectivity index (χ2n) is 6.08. The minimum Gasteiger partial charge on any atom is -0.329 e. The molecule has 0 amide bonds. The first kappa shape index (κ1) is 13.3. The normalized spacial score (nSPS) is 27.4. The molecule has 1 saturated heterocycles. The molecule has 17 heavy (non-hydrogen) atoms. The van der Waals surface area contributed by atoms with Crippen molar-refractivity contribution in [1.29, 1.82) is 0 Å². The summed E-state index contributed by atoms with van der Waals surface area (Å²) in [6, 6.07) is 0.746. The van der Waals surface area contributed by atoms with E-state index in [0.29, 0.717) is 5.54 Å². The van der Waals surface area contributed by atoms with Crippen molar-refractivity contribution in [2.24, 2.45) is 11.7 Å². The number of nitrogens with zero attached hydrogens (tertiary/aromatic N) is 2. The van der Waals surface area contributed by atoms with Crippen LogP contribution in [0.5, 0.6) is 0 Å². The van der Waals surface area contributed by atoms with Crippen LogP contribution in [0.1, 0.15) is 39.0 Å². The molecule has 2 rings (SSSR count). The summed E-state index contributed by atoms with van der Waals surface area (Å²) in [4.78, 5) is 5.09. The summed E-state index contributed by atoms with van der Waals surface area (Å²) in [5.41, 5.74) is 6.43. The van der Waals surface area contributed by atoms with Gasteiger partial charge in [0.15, 0.2) is 0 Å². The Balaban J connectivity index is 2.03. The number of hydrogen-bond donors (Lipinski definition) is 1. The Morgan fingerprint density at radius 3 is 2.24 bits per heavy atom. The second-order valence-corrected chi connectivity index (χ2v) is 6.08. The first-order valence-electron chi connectivity index (χ1n) is 7.25. The van der Waals surface area contributed by atoms with Crippen LogP contribution in [0.3, 0.4) is 0 Å². The van der Waals surface area contributed by atoms with Crippen molar-refractivity contribution >= 4 is 0 Å². The highest BCUT2D eigenvalue weighted by Crippen LogP contribution is 2.45. The largest absolute Gasteiger partial charge is 0.329 e. The van der Waals surface area contributed by atoms with E-state index in [0.717, 1.165) is 18.5 Å². The van der Waals surface area contributed by atoms with Crippen LogP contribution in [0.2, 0.25) is 0 Å². The topological polar surface area (TPSA) is 32.5 Å². The number of likely N-dealkylation sites (tertiary alicyclic amines) is 1. The molecule has 0 aromatic heterocycles. The molecule has 1 aliphatic carbocycles. The average molecular weight is 239 g/mol. The van der Waals surface area contributed by atoms with Crippen LogP contribution in [0.15, 0.2) is 0 Å². The van der Waals surface area contributed by atoms with E-state index in [-0.39, 0.29) is 0 Å². The molecule has 1 aliphatic heterocycles. The van der Waals surface area contributed by atoms with Crippen LogP contribution in [0, 0.1) is 5.92 Å². The van der Waals surface area contributed by atoms with Crippen LogP contribution < -0.4 is 5.73 Å². The Kier molecular flexibility index (Phi) is 4.11. The summed E-state index contributed by atoms with van der Waals surface area (Å²) in [5.74, 6) is 0.863. The van der Waals surface area contributed by atoms with Gasteiger partial charge in [-0.15, -0.1) is 0 Å². The lowest BCUT2D eigenvalue weighted by atomic mass is 9.85.